The molecule has 0 N–H and O–H groups in total. The summed E-state index contributed by atoms with van der Waals surface area (Å²) in [6.07, 6.45) is 9.25. The molecule has 0 atom stereocenters. The Morgan fingerprint density at radius 1 is 1.10 bits per heavy atom. The van der Waals surface area contributed by atoms with Gasteiger partial charge >= 0.3 is 0 Å². The van der Waals surface area contributed by atoms with Gasteiger partial charge in [-0.2, -0.15) is 0 Å². The van der Waals surface area contributed by atoms with Crippen LogP contribution in [0.2, 0.25) is 0 Å². The van der Waals surface area contributed by atoms with Gasteiger partial charge in [0.05, 0.1) is 0 Å². The van der Waals surface area contributed by atoms with E-state index < -0.39 is 0 Å². The lowest BCUT2D eigenvalue weighted by Gasteiger charge is -2.38. The van der Waals surface area contributed by atoms with E-state index in [1.165, 1.54) is 6.07 Å². The highest BCUT2D eigenvalue weighted by Crippen LogP contribution is 2.34. The van der Waals surface area contributed by atoms with Crippen LogP contribution in [-0.4, -0.2) is 41.9 Å². The van der Waals surface area contributed by atoms with Crippen LogP contribution in [-0.2, 0) is 4.79 Å². The molecule has 31 heavy (non-hydrogen) atoms. The molecule has 2 rings (SSSR count). The fraction of sp³-hybridized carbons (Fsp3) is 0.444. The summed E-state index contributed by atoms with van der Waals surface area (Å²) in [4.78, 5) is 16.6. The Kier molecular flexibility index (Phi) is 9.29. The molecule has 1 amide bonds. The first-order valence-corrected chi connectivity index (χ1v) is 11.3. The Bertz CT molecular complexity index is 884. The minimum Gasteiger partial charge on any atom is -0.371 e. The van der Waals surface area contributed by atoms with E-state index in [1.807, 2.05) is 43.9 Å². The van der Waals surface area contributed by atoms with Gasteiger partial charge < -0.3 is 9.80 Å². The Morgan fingerprint density at radius 3 is 2.26 bits per heavy atom. The SMILES string of the molecule is C\C=C(C(/C(C)=C\C=C\CC)=C(/C)N1CCN(C(=O)C(C)C)CC1)\c1ccccc1F. The van der Waals surface area contributed by atoms with Crippen molar-refractivity contribution < 1.29 is 9.18 Å². The second-order valence-electron chi connectivity index (χ2n) is 8.30. The molecular formula is C27H37FN2O. The van der Waals surface area contributed by atoms with Crippen LogP contribution >= 0.6 is 0 Å². The molecule has 1 fully saturated rings. The van der Waals surface area contributed by atoms with Crippen molar-refractivity contribution >= 4 is 11.5 Å². The number of hydrogen-bond acceptors (Lipinski definition) is 2. The molecule has 0 aromatic heterocycles. The second kappa shape index (κ2) is 11.7. The molecule has 4 heteroatoms. The molecule has 3 nitrogen and oxygen atoms in total. The molecule has 0 bridgehead atoms. The quantitative estimate of drug-likeness (QED) is 0.485. The summed E-state index contributed by atoms with van der Waals surface area (Å²) in [6.45, 7) is 15.1. The van der Waals surface area contributed by atoms with Gasteiger partial charge in [0.15, 0.2) is 0 Å². The monoisotopic (exact) mass is 424 g/mol. The van der Waals surface area contributed by atoms with Gasteiger partial charge in [-0.1, -0.05) is 63.3 Å². The number of amides is 1. The minimum absolute atomic E-state index is 0.0185. The molecule has 0 saturated carbocycles. The molecule has 1 saturated heterocycles. The lowest BCUT2D eigenvalue weighted by atomic mass is 9.90. The largest absolute Gasteiger partial charge is 0.371 e. The standard InChI is InChI=1S/C27H37FN2O/c1-7-9-10-13-21(5)26(23(8-2)24-14-11-12-15-25(24)28)22(6)29-16-18-30(19-17-29)27(31)20(3)4/h8-15,20H,7,16-19H2,1-6H3/b10-9+,21-13-,23-8-,26-22-. The second-order valence-corrected chi connectivity index (χ2v) is 8.30. The number of nitrogens with zero attached hydrogens (tertiary/aromatic N) is 2. The van der Waals surface area contributed by atoms with Gasteiger partial charge in [0.25, 0.3) is 0 Å². The van der Waals surface area contributed by atoms with Gasteiger partial charge in [0.2, 0.25) is 5.91 Å². The maximum atomic E-state index is 14.7. The van der Waals surface area contributed by atoms with Gasteiger partial charge in [-0.15, -0.1) is 0 Å². The molecule has 1 aromatic rings. The summed E-state index contributed by atoms with van der Waals surface area (Å²) in [5.41, 5.74) is 4.78. The maximum absolute atomic E-state index is 14.7. The van der Waals surface area contributed by atoms with Gasteiger partial charge in [0, 0.05) is 48.9 Å². The third-order valence-corrected chi connectivity index (χ3v) is 5.76. The first-order chi connectivity index (χ1) is 14.8. The van der Waals surface area contributed by atoms with E-state index >= 15 is 0 Å². The Balaban J connectivity index is 2.46. The van der Waals surface area contributed by atoms with Crippen LogP contribution < -0.4 is 0 Å². The number of benzene rings is 1. The molecule has 1 aliphatic heterocycles. The zero-order valence-corrected chi connectivity index (χ0v) is 19.9. The number of hydrogen-bond donors (Lipinski definition) is 0. The molecule has 0 unspecified atom stereocenters. The van der Waals surface area contributed by atoms with Crippen LogP contribution in [0.4, 0.5) is 4.39 Å². The molecule has 1 aliphatic rings. The average Bonchev–Trinajstić information content (AvgIpc) is 2.77. The zero-order valence-electron chi connectivity index (χ0n) is 19.9. The van der Waals surface area contributed by atoms with Crippen LogP contribution in [0.1, 0.15) is 53.5 Å². The molecule has 0 aliphatic carbocycles. The zero-order chi connectivity index (χ0) is 23.0. The van der Waals surface area contributed by atoms with E-state index in [9.17, 15) is 9.18 Å². The van der Waals surface area contributed by atoms with Crippen molar-refractivity contribution in [3.8, 4) is 0 Å². The van der Waals surface area contributed by atoms with E-state index in [1.54, 1.807) is 6.07 Å². The van der Waals surface area contributed by atoms with Crippen LogP contribution in [0, 0.1) is 11.7 Å². The summed E-state index contributed by atoms with van der Waals surface area (Å²) in [5.74, 6) is 0.0119. The van der Waals surface area contributed by atoms with Crippen LogP contribution in [0.5, 0.6) is 0 Å². The molecule has 168 valence electrons. The van der Waals surface area contributed by atoms with Crippen LogP contribution in [0.15, 0.2) is 65.4 Å². The van der Waals surface area contributed by atoms with Gasteiger partial charge in [-0.25, -0.2) is 4.39 Å². The highest BCUT2D eigenvalue weighted by molar-refractivity contribution is 5.84. The van der Waals surface area contributed by atoms with Gasteiger partial charge in [-0.3, -0.25) is 4.79 Å². The Hall–Kier alpha value is -2.62. The number of rotatable bonds is 7. The van der Waals surface area contributed by atoms with Crippen molar-refractivity contribution in [1.29, 1.82) is 0 Å². The van der Waals surface area contributed by atoms with Gasteiger partial charge in [0.1, 0.15) is 5.82 Å². The summed E-state index contributed by atoms with van der Waals surface area (Å²) < 4.78 is 14.7. The van der Waals surface area contributed by atoms with E-state index in [2.05, 4.69) is 43.9 Å². The summed E-state index contributed by atoms with van der Waals surface area (Å²) in [5, 5.41) is 0. The van der Waals surface area contributed by atoms with E-state index in [0.29, 0.717) is 18.7 Å². The lowest BCUT2D eigenvalue weighted by Crippen LogP contribution is -2.49. The smallest absolute Gasteiger partial charge is 0.225 e. The van der Waals surface area contributed by atoms with Crippen molar-refractivity contribution in [1.82, 2.24) is 9.80 Å². The van der Waals surface area contributed by atoms with Crippen molar-refractivity contribution in [3.05, 3.63) is 76.8 Å². The van der Waals surface area contributed by atoms with E-state index in [0.717, 1.165) is 41.9 Å². The first kappa shape index (κ1) is 24.6. The molecule has 1 heterocycles. The highest BCUT2D eigenvalue weighted by Gasteiger charge is 2.25. The number of carbonyl (C=O) groups is 1. The summed E-state index contributed by atoms with van der Waals surface area (Å²) in [7, 11) is 0. The number of carbonyl (C=O) groups excluding carboxylic acids is 1. The number of piperazine rings is 1. The van der Waals surface area contributed by atoms with Crippen molar-refractivity contribution in [2.45, 2.75) is 48.0 Å². The topological polar surface area (TPSA) is 23.6 Å². The lowest BCUT2D eigenvalue weighted by molar-refractivity contribution is -0.135. The summed E-state index contributed by atoms with van der Waals surface area (Å²) >= 11 is 0. The molecule has 0 spiro atoms. The minimum atomic E-state index is -0.217. The molecular weight excluding hydrogens is 387 g/mol. The average molecular weight is 425 g/mol. The molecule has 0 radical (unpaired) electrons. The van der Waals surface area contributed by atoms with E-state index in [4.69, 9.17) is 0 Å². The predicted molar refractivity (Wildman–Crippen MR) is 129 cm³/mol. The van der Waals surface area contributed by atoms with Crippen molar-refractivity contribution in [2.24, 2.45) is 5.92 Å². The maximum Gasteiger partial charge on any atom is 0.225 e. The fourth-order valence-corrected chi connectivity index (χ4v) is 4.02. The Morgan fingerprint density at radius 2 is 1.71 bits per heavy atom. The number of allylic oxidation sites excluding steroid dienone is 8. The van der Waals surface area contributed by atoms with Crippen LogP contribution in [0.25, 0.3) is 5.57 Å². The van der Waals surface area contributed by atoms with Crippen LogP contribution in [0.3, 0.4) is 0 Å². The highest BCUT2D eigenvalue weighted by atomic mass is 19.1. The predicted octanol–water partition coefficient (Wildman–Crippen LogP) is 6.22. The normalized spacial score (nSPS) is 16.9. The first-order valence-electron chi connectivity index (χ1n) is 11.3. The van der Waals surface area contributed by atoms with Crippen molar-refractivity contribution in [2.75, 3.05) is 26.2 Å². The fourth-order valence-electron chi connectivity index (χ4n) is 4.02. The van der Waals surface area contributed by atoms with Crippen molar-refractivity contribution in [3.63, 3.8) is 0 Å². The third kappa shape index (κ3) is 6.19. The third-order valence-electron chi connectivity index (χ3n) is 5.76. The summed E-state index contributed by atoms with van der Waals surface area (Å²) in [6, 6.07) is 6.95. The molecule has 1 aromatic carbocycles. The van der Waals surface area contributed by atoms with E-state index in [-0.39, 0.29) is 17.6 Å². The van der Waals surface area contributed by atoms with Gasteiger partial charge in [-0.05, 0) is 44.4 Å². The Labute approximate surface area is 187 Å². The number of halogens is 1.